The predicted molar refractivity (Wildman–Crippen MR) is 119 cm³/mol. The number of hydrogen-bond donors (Lipinski definition) is 1. The van der Waals surface area contributed by atoms with Crippen molar-refractivity contribution in [2.45, 2.75) is 26.8 Å². The van der Waals surface area contributed by atoms with E-state index < -0.39 is 18.1 Å². The molecule has 2 aromatic heterocycles. The summed E-state index contributed by atoms with van der Waals surface area (Å²) in [5.41, 5.74) is 0.838. The Bertz CT molecular complexity index is 1070. The lowest BCUT2D eigenvalue weighted by molar-refractivity contribution is 0.0852. The molecule has 0 bridgehead atoms. The fourth-order valence-electron chi connectivity index (χ4n) is 2.63. The number of hydrogen-bond acceptors (Lipinski definition) is 9. The summed E-state index contributed by atoms with van der Waals surface area (Å²) in [5.74, 6) is -0.355. The van der Waals surface area contributed by atoms with Gasteiger partial charge in [-0.1, -0.05) is 55.5 Å². The Labute approximate surface area is 189 Å². The van der Waals surface area contributed by atoms with Gasteiger partial charge in [0.2, 0.25) is 5.75 Å². The van der Waals surface area contributed by atoms with Crippen molar-refractivity contribution in [2.75, 3.05) is 13.7 Å². The second-order valence-corrected chi connectivity index (χ2v) is 8.26. The summed E-state index contributed by atoms with van der Waals surface area (Å²) in [4.78, 5) is 29.1. The zero-order valence-electron chi connectivity index (χ0n) is 18.2. The maximum absolute atomic E-state index is 12.9. The van der Waals surface area contributed by atoms with Crippen LogP contribution in [-0.2, 0) is 4.74 Å². The summed E-state index contributed by atoms with van der Waals surface area (Å²) in [6.07, 6.45) is 0.451. The number of rotatable bonds is 8. The molecule has 0 aliphatic rings. The van der Waals surface area contributed by atoms with E-state index in [1.165, 1.54) is 30.7 Å². The van der Waals surface area contributed by atoms with E-state index in [1.807, 2.05) is 44.2 Å². The monoisotopic (exact) mass is 456 g/mol. The molecule has 1 aromatic carbocycles. The van der Waals surface area contributed by atoms with Crippen LogP contribution in [0, 0.1) is 5.92 Å². The third kappa shape index (κ3) is 5.79. The highest BCUT2D eigenvalue weighted by Crippen LogP contribution is 2.31. The average molecular weight is 457 g/mol. The maximum Gasteiger partial charge on any atom is 0.514 e. The molecule has 0 saturated heterocycles. The van der Waals surface area contributed by atoms with Gasteiger partial charge in [-0.25, -0.2) is 9.78 Å². The Morgan fingerprint density at radius 2 is 1.84 bits per heavy atom. The van der Waals surface area contributed by atoms with Gasteiger partial charge in [-0.05, 0) is 12.8 Å². The minimum atomic E-state index is -0.941. The van der Waals surface area contributed by atoms with E-state index in [-0.39, 0.29) is 29.7 Å². The first-order chi connectivity index (χ1) is 15.4. The third-order valence-electron chi connectivity index (χ3n) is 4.20. The number of nitrogens with one attached hydrogen (secondary N) is 1. The Balaban J connectivity index is 1.76. The molecule has 10 heteroatoms. The number of amides is 1. The van der Waals surface area contributed by atoms with Gasteiger partial charge >= 0.3 is 6.16 Å². The molecule has 1 amide bonds. The summed E-state index contributed by atoms with van der Waals surface area (Å²) in [6, 6.07) is 10.7. The number of benzene rings is 1. The molecule has 0 fully saturated rings. The van der Waals surface area contributed by atoms with Gasteiger partial charge in [0.15, 0.2) is 11.4 Å². The Kier molecular flexibility index (Phi) is 7.72. The number of aromatic nitrogens is 3. The highest BCUT2D eigenvalue weighted by molar-refractivity contribution is 7.14. The largest absolute Gasteiger partial charge is 0.514 e. The van der Waals surface area contributed by atoms with Crippen molar-refractivity contribution in [1.29, 1.82) is 0 Å². The van der Waals surface area contributed by atoms with Crippen LogP contribution in [0.4, 0.5) is 4.79 Å². The SMILES string of the molecule is COc1ccnc(C(=O)N[C@@H](C)c2nnc(-c3ccccc3)s2)c1OC(=O)OCC(C)C. The summed E-state index contributed by atoms with van der Waals surface area (Å²) < 4.78 is 15.5. The second kappa shape index (κ2) is 10.7. The molecule has 0 saturated carbocycles. The third-order valence-corrected chi connectivity index (χ3v) is 5.36. The van der Waals surface area contributed by atoms with Crippen LogP contribution in [0.3, 0.4) is 0 Å². The number of ether oxygens (including phenoxy) is 3. The topological polar surface area (TPSA) is 113 Å². The van der Waals surface area contributed by atoms with Gasteiger partial charge in [0, 0.05) is 17.8 Å². The van der Waals surface area contributed by atoms with Crippen molar-refractivity contribution in [1.82, 2.24) is 20.5 Å². The van der Waals surface area contributed by atoms with Crippen molar-refractivity contribution >= 4 is 23.4 Å². The Morgan fingerprint density at radius 1 is 1.09 bits per heavy atom. The summed E-state index contributed by atoms with van der Waals surface area (Å²) in [6.45, 7) is 5.76. The van der Waals surface area contributed by atoms with Crippen molar-refractivity contribution in [3.8, 4) is 22.1 Å². The molecule has 9 nitrogen and oxygen atoms in total. The fourth-order valence-corrected chi connectivity index (χ4v) is 3.48. The van der Waals surface area contributed by atoms with Crippen molar-refractivity contribution < 1.29 is 23.8 Å². The van der Waals surface area contributed by atoms with Gasteiger partial charge in [-0.3, -0.25) is 4.79 Å². The summed E-state index contributed by atoms with van der Waals surface area (Å²) in [5, 5.41) is 12.6. The first-order valence-electron chi connectivity index (χ1n) is 9.96. The molecule has 0 aliphatic carbocycles. The molecule has 0 spiro atoms. The summed E-state index contributed by atoms with van der Waals surface area (Å²) >= 11 is 1.38. The van der Waals surface area contributed by atoms with Gasteiger partial charge in [-0.2, -0.15) is 0 Å². The average Bonchev–Trinajstić information content (AvgIpc) is 3.29. The van der Waals surface area contributed by atoms with Crippen LogP contribution < -0.4 is 14.8 Å². The van der Waals surface area contributed by atoms with E-state index in [0.29, 0.717) is 5.01 Å². The minimum absolute atomic E-state index is 0.106. The quantitative estimate of drug-likeness (QED) is 0.500. The maximum atomic E-state index is 12.9. The smallest absolute Gasteiger partial charge is 0.493 e. The lowest BCUT2D eigenvalue weighted by Gasteiger charge is -2.15. The van der Waals surface area contributed by atoms with Crippen LogP contribution >= 0.6 is 11.3 Å². The van der Waals surface area contributed by atoms with Crippen LogP contribution in [0.2, 0.25) is 0 Å². The molecule has 3 rings (SSSR count). The number of pyridine rings is 1. The van der Waals surface area contributed by atoms with E-state index in [2.05, 4.69) is 20.5 Å². The van der Waals surface area contributed by atoms with Gasteiger partial charge in [0.25, 0.3) is 5.91 Å². The highest BCUT2D eigenvalue weighted by atomic mass is 32.1. The molecule has 0 radical (unpaired) electrons. The molecular formula is C22H24N4O5S. The molecule has 1 atom stereocenters. The molecule has 32 heavy (non-hydrogen) atoms. The van der Waals surface area contributed by atoms with Crippen LogP contribution in [0.15, 0.2) is 42.6 Å². The van der Waals surface area contributed by atoms with E-state index >= 15 is 0 Å². The normalized spacial score (nSPS) is 11.7. The van der Waals surface area contributed by atoms with Crippen molar-refractivity contribution in [3.63, 3.8) is 0 Å². The molecule has 0 unspecified atom stereocenters. The molecule has 2 heterocycles. The van der Waals surface area contributed by atoms with Gasteiger partial charge in [-0.15, -0.1) is 10.2 Å². The van der Waals surface area contributed by atoms with Gasteiger partial charge in [0.1, 0.15) is 10.0 Å². The minimum Gasteiger partial charge on any atom is -0.493 e. The van der Waals surface area contributed by atoms with E-state index in [0.717, 1.165) is 10.6 Å². The standard InChI is InChI=1S/C22H24N4O5S/c1-13(2)12-30-22(28)31-18-16(29-4)10-11-23-17(18)19(27)24-14(3)20-25-26-21(32-20)15-8-6-5-7-9-15/h5-11,13-14H,12H2,1-4H3,(H,24,27)/t14-/m0/s1. The molecular weight excluding hydrogens is 432 g/mol. The number of carbonyl (C=O) groups is 2. The van der Waals surface area contributed by atoms with Crippen LogP contribution in [0.5, 0.6) is 11.5 Å². The van der Waals surface area contributed by atoms with Gasteiger partial charge in [0.05, 0.1) is 19.8 Å². The predicted octanol–water partition coefficient (Wildman–Crippen LogP) is 4.27. The fraction of sp³-hybridized carbons (Fsp3) is 0.318. The summed E-state index contributed by atoms with van der Waals surface area (Å²) in [7, 11) is 1.40. The van der Waals surface area contributed by atoms with Crippen molar-refractivity contribution in [2.24, 2.45) is 5.92 Å². The molecule has 0 aliphatic heterocycles. The lowest BCUT2D eigenvalue weighted by Crippen LogP contribution is -2.28. The van der Waals surface area contributed by atoms with E-state index in [4.69, 9.17) is 14.2 Å². The number of nitrogens with zero attached hydrogens (tertiary/aromatic N) is 3. The lowest BCUT2D eigenvalue weighted by atomic mass is 10.2. The molecule has 1 N–H and O–H groups in total. The molecule has 168 valence electrons. The Morgan fingerprint density at radius 3 is 2.53 bits per heavy atom. The van der Waals surface area contributed by atoms with Crippen LogP contribution in [0.1, 0.15) is 42.3 Å². The number of carbonyl (C=O) groups excluding carboxylic acids is 2. The van der Waals surface area contributed by atoms with Crippen molar-refractivity contribution in [3.05, 3.63) is 53.3 Å². The van der Waals surface area contributed by atoms with Gasteiger partial charge < -0.3 is 19.5 Å². The van der Waals surface area contributed by atoms with E-state index in [1.54, 1.807) is 6.92 Å². The zero-order valence-corrected chi connectivity index (χ0v) is 19.0. The highest BCUT2D eigenvalue weighted by Gasteiger charge is 2.25. The zero-order chi connectivity index (χ0) is 23.1. The first kappa shape index (κ1) is 23.1. The first-order valence-corrected chi connectivity index (χ1v) is 10.8. The van der Waals surface area contributed by atoms with E-state index in [9.17, 15) is 9.59 Å². The molecule has 3 aromatic rings. The second-order valence-electron chi connectivity index (χ2n) is 7.25. The number of methoxy groups -OCH3 is 1. The Hall–Kier alpha value is -3.53. The van der Waals surface area contributed by atoms with Crippen LogP contribution in [-0.4, -0.2) is 41.0 Å². The van der Waals surface area contributed by atoms with Crippen LogP contribution in [0.25, 0.3) is 10.6 Å².